The van der Waals surface area contributed by atoms with Crippen LogP contribution in [0.2, 0.25) is 0 Å². The number of ether oxygens (including phenoxy) is 2. The van der Waals surface area contributed by atoms with Crippen molar-refractivity contribution in [3.63, 3.8) is 0 Å². The van der Waals surface area contributed by atoms with E-state index in [0.29, 0.717) is 24.3 Å². The van der Waals surface area contributed by atoms with E-state index in [4.69, 9.17) is 23.0 Å². The first-order valence-electron chi connectivity index (χ1n) is 13.9. The maximum atomic E-state index is 14.0. The van der Waals surface area contributed by atoms with E-state index in [1.165, 1.54) is 24.3 Å². The van der Waals surface area contributed by atoms with Crippen LogP contribution in [-0.4, -0.2) is 42.5 Å². The third kappa shape index (κ3) is 11.1. The molecule has 1 unspecified atom stereocenters. The third-order valence-electron chi connectivity index (χ3n) is 5.86. The van der Waals surface area contributed by atoms with Crippen molar-refractivity contribution in [2.75, 3.05) is 19.8 Å². The van der Waals surface area contributed by atoms with Crippen molar-refractivity contribution in [2.45, 2.75) is 84.2 Å². The van der Waals surface area contributed by atoms with Gasteiger partial charge in [0, 0.05) is 6.92 Å². The van der Waals surface area contributed by atoms with Gasteiger partial charge < -0.3 is 9.47 Å². The number of phosphoric acid groups is 1. The van der Waals surface area contributed by atoms with Crippen molar-refractivity contribution >= 4 is 19.8 Å². The lowest BCUT2D eigenvalue weighted by atomic mass is 10.0. The van der Waals surface area contributed by atoms with Gasteiger partial charge in [-0.15, -0.1) is 0 Å². The second kappa shape index (κ2) is 13.5. The second-order valence-electron chi connectivity index (χ2n) is 12.3. The SMILES string of the molecule is CC1=NC(/C=C/c2ccc(OCCCc3ccccc3F)c(C(F)(F)F)c2)(COP(=O)(OC(C)(C)C)OC(C)(C)C)CO1. The highest BCUT2D eigenvalue weighted by Gasteiger charge is 2.42. The van der Waals surface area contributed by atoms with Gasteiger partial charge in [0.15, 0.2) is 5.90 Å². The molecule has 0 amide bonds. The molecule has 12 heteroatoms. The highest BCUT2D eigenvalue weighted by molar-refractivity contribution is 7.48. The van der Waals surface area contributed by atoms with E-state index in [0.717, 1.165) is 6.07 Å². The largest absolute Gasteiger partial charge is 0.493 e. The molecular weight excluding hydrogens is 589 g/mol. The molecule has 2 aromatic carbocycles. The minimum Gasteiger partial charge on any atom is -0.493 e. The van der Waals surface area contributed by atoms with Crippen LogP contribution in [0.3, 0.4) is 0 Å². The molecule has 0 bridgehead atoms. The fourth-order valence-electron chi connectivity index (χ4n) is 4.14. The van der Waals surface area contributed by atoms with Gasteiger partial charge in [0.25, 0.3) is 0 Å². The van der Waals surface area contributed by atoms with Gasteiger partial charge in [0.1, 0.15) is 23.7 Å². The monoisotopic (exact) mass is 629 g/mol. The Morgan fingerprint density at radius 2 is 1.67 bits per heavy atom. The van der Waals surface area contributed by atoms with Gasteiger partial charge in [-0.3, -0.25) is 13.6 Å². The first-order chi connectivity index (χ1) is 19.8. The van der Waals surface area contributed by atoms with Gasteiger partial charge in [-0.2, -0.15) is 13.2 Å². The topological polar surface area (TPSA) is 75.6 Å². The number of aliphatic imine (C=N–C) groups is 1. The van der Waals surface area contributed by atoms with E-state index in [2.05, 4.69) is 4.99 Å². The van der Waals surface area contributed by atoms with E-state index in [-0.39, 0.29) is 37.0 Å². The Morgan fingerprint density at radius 3 is 2.23 bits per heavy atom. The fourth-order valence-corrected chi connectivity index (χ4v) is 6.01. The molecular formula is C31H40F4NO6P. The number of benzene rings is 2. The lowest BCUT2D eigenvalue weighted by Crippen LogP contribution is -2.33. The standard InChI is InChI=1S/C31H40F4NO6P/c1-22-36-30(20-39-22,21-40-43(37,41-28(2,3)4)42-29(5,6)7)17-16-23-14-15-27(25(19-23)31(33,34)35)38-18-10-12-24-11-8-9-13-26(24)32/h8-9,11,13-17,19H,10,12,18,20-21H2,1-7H3/b17-16+. The van der Waals surface area contributed by atoms with E-state index in [9.17, 15) is 22.1 Å². The highest BCUT2D eigenvalue weighted by Crippen LogP contribution is 2.56. The predicted molar refractivity (Wildman–Crippen MR) is 158 cm³/mol. The van der Waals surface area contributed by atoms with Gasteiger partial charge in [0.05, 0.1) is 30.0 Å². The summed E-state index contributed by atoms with van der Waals surface area (Å²) in [6.45, 7) is 11.6. The van der Waals surface area contributed by atoms with Gasteiger partial charge in [-0.25, -0.2) is 13.9 Å². The minimum atomic E-state index is -4.68. The van der Waals surface area contributed by atoms with Crippen LogP contribution in [0.15, 0.2) is 53.5 Å². The smallest absolute Gasteiger partial charge is 0.475 e. The Balaban J connectivity index is 1.78. The fraction of sp³-hybridized carbons (Fsp3) is 0.516. The van der Waals surface area contributed by atoms with E-state index < -0.39 is 36.3 Å². The number of halogens is 4. The van der Waals surface area contributed by atoms with E-state index >= 15 is 0 Å². The maximum Gasteiger partial charge on any atom is 0.475 e. The summed E-state index contributed by atoms with van der Waals surface area (Å²) in [7, 11) is -4.09. The van der Waals surface area contributed by atoms with Gasteiger partial charge in [-0.05, 0) is 83.7 Å². The number of aryl methyl sites for hydroxylation is 1. The Morgan fingerprint density at radius 1 is 1.02 bits per heavy atom. The number of phosphoric ester groups is 1. The lowest BCUT2D eigenvalue weighted by Gasteiger charge is -2.32. The normalized spacial score (nSPS) is 18.2. The Hall–Kier alpha value is -2.72. The summed E-state index contributed by atoms with van der Waals surface area (Å²) in [6.07, 6.45) is -1.01. The summed E-state index contributed by atoms with van der Waals surface area (Å²) in [6, 6.07) is 9.94. The van der Waals surface area contributed by atoms with Gasteiger partial charge >= 0.3 is 14.0 Å². The lowest BCUT2D eigenvalue weighted by molar-refractivity contribution is -0.139. The molecule has 1 atom stereocenters. The van der Waals surface area contributed by atoms with Crippen molar-refractivity contribution < 1.29 is 45.2 Å². The predicted octanol–water partition coefficient (Wildman–Crippen LogP) is 8.81. The third-order valence-corrected chi connectivity index (χ3v) is 7.84. The second-order valence-corrected chi connectivity index (χ2v) is 13.8. The first kappa shape index (κ1) is 34.8. The van der Waals surface area contributed by atoms with Crippen LogP contribution in [0.1, 0.15) is 71.6 Å². The van der Waals surface area contributed by atoms with Crippen LogP contribution in [0.25, 0.3) is 6.08 Å². The van der Waals surface area contributed by atoms with Gasteiger partial charge in [-0.1, -0.05) is 36.4 Å². The molecule has 0 aliphatic carbocycles. The molecule has 0 saturated carbocycles. The Labute approximate surface area is 250 Å². The average Bonchev–Trinajstić information content (AvgIpc) is 3.24. The minimum absolute atomic E-state index is 0.00962. The maximum absolute atomic E-state index is 14.0. The number of hydrogen-bond acceptors (Lipinski definition) is 7. The average molecular weight is 630 g/mol. The molecule has 7 nitrogen and oxygen atoms in total. The van der Waals surface area contributed by atoms with Crippen LogP contribution in [0, 0.1) is 5.82 Å². The van der Waals surface area contributed by atoms with E-state index in [1.807, 2.05) is 0 Å². The van der Waals surface area contributed by atoms with Crippen LogP contribution in [-0.2, 0) is 35.5 Å². The summed E-state index contributed by atoms with van der Waals surface area (Å²) in [5, 5.41) is 0. The summed E-state index contributed by atoms with van der Waals surface area (Å²) in [4.78, 5) is 4.48. The number of nitrogens with zero attached hydrogens (tertiary/aromatic N) is 1. The zero-order chi connectivity index (χ0) is 32.1. The molecule has 0 radical (unpaired) electrons. The van der Waals surface area contributed by atoms with Crippen molar-refractivity contribution in [2.24, 2.45) is 4.99 Å². The molecule has 0 fully saturated rings. The first-order valence-corrected chi connectivity index (χ1v) is 15.4. The van der Waals surface area contributed by atoms with Gasteiger partial charge in [0.2, 0.25) is 0 Å². The van der Waals surface area contributed by atoms with Crippen molar-refractivity contribution in [1.29, 1.82) is 0 Å². The zero-order valence-electron chi connectivity index (χ0n) is 25.6. The molecule has 0 spiro atoms. The molecule has 0 N–H and O–H groups in total. The summed E-state index contributed by atoms with van der Waals surface area (Å²) >= 11 is 0. The van der Waals surface area contributed by atoms with Crippen molar-refractivity contribution in [3.8, 4) is 5.75 Å². The number of hydrogen-bond donors (Lipinski definition) is 0. The molecule has 43 heavy (non-hydrogen) atoms. The molecule has 3 rings (SSSR count). The van der Waals surface area contributed by atoms with Crippen LogP contribution >= 0.6 is 7.82 Å². The van der Waals surface area contributed by atoms with Crippen LogP contribution in [0.5, 0.6) is 5.75 Å². The summed E-state index contributed by atoms with van der Waals surface area (Å²) < 4.78 is 97.4. The van der Waals surface area contributed by atoms with Crippen LogP contribution < -0.4 is 4.74 Å². The van der Waals surface area contributed by atoms with E-state index in [1.54, 1.807) is 72.7 Å². The molecule has 1 aliphatic heterocycles. The molecule has 2 aromatic rings. The highest BCUT2D eigenvalue weighted by atomic mass is 31.2. The molecule has 0 saturated heterocycles. The number of alkyl halides is 3. The molecule has 238 valence electrons. The Bertz CT molecular complexity index is 1340. The number of rotatable bonds is 12. The molecule has 1 aliphatic rings. The summed E-state index contributed by atoms with van der Waals surface area (Å²) in [5.74, 6) is -0.350. The van der Waals surface area contributed by atoms with Crippen molar-refractivity contribution in [3.05, 3.63) is 71.0 Å². The summed E-state index contributed by atoms with van der Waals surface area (Å²) in [5.41, 5.74) is -3.15. The zero-order valence-corrected chi connectivity index (χ0v) is 26.5. The molecule has 1 heterocycles. The molecule has 0 aromatic heterocycles. The quantitative estimate of drug-likeness (QED) is 0.133. The van der Waals surface area contributed by atoms with Crippen LogP contribution in [0.4, 0.5) is 17.6 Å². The Kier molecular flexibility index (Phi) is 10.9. The van der Waals surface area contributed by atoms with Crippen molar-refractivity contribution in [1.82, 2.24) is 0 Å².